The van der Waals surface area contributed by atoms with Crippen molar-refractivity contribution in [2.45, 2.75) is 18.9 Å². The first-order valence-electron chi connectivity index (χ1n) is 4.59. The Morgan fingerprint density at radius 2 is 2.29 bits per heavy atom. The topological polar surface area (TPSA) is 95.7 Å². The van der Waals surface area contributed by atoms with E-state index in [9.17, 15) is 9.59 Å². The molecule has 0 bridgehead atoms. The van der Waals surface area contributed by atoms with Crippen LogP contribution in [0.15, 0.2) is 0 Å². The Morgan fingerprint density at radius 1 is 1.57 bits per heavy atom. The number of amides is 2. The van der Waals surface area contributed by atoms with Crippen LogP contribution in [0.5, 0.6) is 0 Å². The Labute approximate surface area is 82.1 Å². The largest absolute Gasteiger partial charge is 0.481 e. The molecule has 0 aliphatic carbocycles. The Morgan fingerprint density at radius 3 is 2.79 bits per heavy atom. The fourth-order valence-electron chi connectivity index (χ4n) is 1.51. The SMILES string of the molecule is NC(=O)N1CCC(NCCC(=O)O)C1. The number of urea groups is 1. The molecule has 1 aliphatic heterocycles. The Hall–Kier alpha value is -1.30. The molecule has 1 aliphatic rings. The fraction of sp³-hybridized carbons (Fsp3) is 0.750. The summed E-state index contributed by atoms with van der Waals surface area (Å²) in [5, 5.41) is 11.5. The van der Waals surface area contributed by atoms with Gasteiger partial charge in [0.15, 0.2) is 0 Å². The maximum absolute atomic E-state index is 10.8. The summed E-state index contributed by atoms with van der Waals surface area (Å²) in [4.78, 5) is 22.5. The van der Waals surface area contributed by atoms with Gasteiger partial charge in [0.25, 0.3) is 0 Å². The molecule has 1 heterocycles. The van der Waals surface area contributed by atoms with Crippen LogP contribution < -0.4 is 11.1 Å². The lowest BCUT2D eigenvalue weighted by atomic mass is 10.2. The van der Waals surface area contributed by atoms with E-state index in [-0.39, 0.29) is 12.5 Å². The maximum atomic E-state index is 10.8. The summed E-state index contributed by atoms with van der Waals surface area (Å²) in [6.45, 7) is 1.67. The molecule has 6 heteroatoms. The van der Waals surface area contributed by atoms with Crippen molar-refractivity contribution in [2.24, 2.45) is 5.73 Å². The van der Waals surface area contributed by atoms with Crippen LogP contribution in [0.1, 0.15) is 12.8 Å². The maximum Gasteiger partial charge on any atom is 0.314 e. The van der Waals surface area contributed by atoms with E-state index in [0.717, 1.165) is 6.42 Å². The Balaban J connectivity index is 2.16. The molecule has 6 nitrogen and oxygen atoms in total. The summed E-state index contributed by atoms with van der Waals surface area (Å²) < 4.78 is 0. The van der Waals surface area contributed by atoms with E-state index in [1.165, 1.54) is 0 Å². The lowest BCUT2D eigenvalue weighted by Crippen LogP contribution is -2.38. The minimum atomic E-state index is -0.817. The van der Waals surface area contributed by atoms with Crippen molar-refractivity contribution in [1.29, 1.82) is 0 Å². The molecule has 0 spiro atoms. The van der Waals surface area contributed by atoms with E-state index in [2.05, 4.69) is 5.32 Å². The summed E-state index contributed by atoms with van der Waals surface area (Å²) in [6, 6.07) is -0.227. The molecule has 1 unspecified atom stereocenters. The molecule has 80 valence electrons. The second kappa shape index (κ2) is 4.80. The normalized spacial score (nSPS) is 21.1. The van der Waals surface area contributed by atoms with Crippen molar-refractivity contribution >= 4 is 12.0 Å². The van der Waals surface area contributed by atoms with Crippen LogP contribution in [0.4, 0.5) is 4.79 Å². The van der Waals surface area contributed by atoms with Crippen molar-refractivity contribution < 1.29 is 14.7 Å². The zero-order chi connectivity index (χ0) is 10.6. The quantitative estimate of drug-likeness (QED) is 0.555. The number of aliphatic carboxylic acids is 1. The molecule has 14 heavy (non-hydrogen) atoms. The number of carbonyl (C=O) groups excluding carboxylic acids is 1. The number of carboxylic acid groups (broad SMARTS) is 1. The molecule has 0 aromatic carbocycles. The zero-order valence-electron chi connectivity index (χ0n) is 7.90. The summed E-state index contributed by atoms with van der Waals surface area (Å²) in [7, 11) is 0. The Kier molecular flexibility index (Phi) is 3.70. The lowest BCUT2D eigenvalue weighted by molar-refractivity contribution is -0.136. The molecule has 1 atom stereocenters. The average molecular weight is 201 g/mol. The van der Waals surface area contributed by atoms with Crippen molar-refractivity contribution in [2.75, 3.05) is 19.6 Å². The number of nitrogens with zero attached hydrogens (tertiary/aromatic N) is 1. The molecule has 2 amide bonds. The number of rotatable bonds is 4. The summed E-state index contributed by atoms with van der Waals surface area (Å²) in [5.74, 6) is -0.817. The Bertz CT molecular complexity index is 232. The minimum absolute atomic E-state index is 0.104. The smallest absolute Gasteiger partial charge is 0.314 e. The standard InChI is InChI=1S/C8H15N3O3/c9-8(14)11-4-2-6(5-11)10-3-1-7(12)13/h6,10H,1-5H2,(H2,9,14)(H,12,13). The first kappa shape index (κ1) is 10.8. The van der Waals surface area contributed by atoms with Crippen LogP contribution in [0.2, 0.25) is 0 Å². The first-order valence-corrected chi connectivity index (χ1v) is 4.59. The van der Waals surface area contributed by atoms with Gasteiger partial charge in [-0.3, -0.25) is 4.79 Å². The number of nitrogens with one attached hydrogen (secondary N) is 1. The van der Waals surface area contributed by atoms with Gasteiger partial charge in [0.05, 0.1) is 6.42 Å². The highest BCUT2D eigenvalue weighted by molar-refractivity contribution is 5.72. The third kappa shape index (κ3) is 3.21. The van der Waals surface area contributed by atoms with Crippen molar-refractivity contribution in [3.05, 3.63) is 0 Å². The summed E-state index contributed by atoms with van der Waals surface area (Å²) >= 11 is 0. The van der Waals surface area contributed by atoms with Crippen LogP contribution in [-0.2, 0) is 4.79 Å². The molecular weight excluding hydrogens is 186 g/mol. The van der Waals surface area contributed by atoms with Gasteiger partial charge in [0, 0.05) is 25.7 Å². The van der Waals surface area contributed by atoms with Gasteiger partial charge in [0.2, 0.25) is 0 Å². The number of nitrogens with two attached hydrogens (primary N) is 1. The third-order valence-electron chi connectivity index (χ3n) is 2.27. The second-order valence-corrected chi connectivity index (χ2v) is 3.37. The highest BCUT2D eigenvalue weighted by Crippen LogP contribution is 2.07. The molecular formula is C8H15N3O3. The van der Waals surface area contributed by atoms with Gasteiger partial charge in [0.1, 0.15) is 0 Å². The van der Waals surface area contributed by atoms with E-state index < -0.39 is 12.0 Å². The molecule has 1 rings (SSSR count). The van der Waals surface area contributed by atoms with Gasteiger partial charge < -0.3 is 21.1 Å². The van der Waals surface area contributed by atoms with Crippen LogP contribution in [0, 0.1) is 0 Å². The third-order valence-corrected chi connectivity index (χ3v) is 2.27. The van der Waals surface area contributed by atoms with Gasteiger partial charge in [-0.05, 0) is 6.42 Å². The van der Waals surface area contributed by atoms with E-state index in [1.807, 2.05) is 0 Å². The van der Waals surface area contributed by atoms with E-state index in [4.69, 9.17) is 10.8 Å². The molecule has 0 aromatic rings. The van der Waals surface area contributed by atoms with Crippen molar-refractivity contribution in [1.82, 2.24) is 10.2 Å². The van der Waals surface area contributed by atoms with Crippen molar-refractivity contribution in [3.63, 3.8) is 0 Å². The van der Waals surface area contributed by atoms with Gasteiger partial charge in [-0.25, -0.2) is 4.79 Å². The van der Waals surface area contributed by atoms with Gasteiger partial charge in [-0.1, -0.05) is 0 Å². The number of hydrogen-bond acceptors (Lipinski definition) is 3. The minimum Gasteiger partial charge on any atom is -0.481 e. The van der Waals surface area contributed by atoms with Gasteiger partial charge in [-0.2, -0.15) is 0 Å². The molecule has 0 aromatic heterocycles. The highest BCUT2D eigenvalue weighted by Gasteiger charge is 2.23. The van der Waals surface area contributed by atoms with E-state index in [0.29, 0.717) is 19.6 Å². The molecule has 1 saturated heterocycles. The van der Waals surface area contributed by atoms with E-state index in [1.54, 1.807) is 4.90 Å². The molecule has 1 fully saturated rings. The molecule has 0 saturated carbocycles. The zero-order valence-corrected chi connectivity index (χ0v) is 7.90. The predicted octanol–water partition coefficient (Wildman–Crippen LogP) is -0.796. The van der Waals surface area contributed by atoms with Crippen LogP contribution in [-0.4, -0.2) is 47.7 Å². The fourth-order valence-corrected chi connectivity index (χ4v) is 1.51. The highest BCUT2D eigenvalue weighted by atomic mass is 16.4. The molecule has 0 radical (unpaired) electrons. The van der Waals surface area contributed by atoms with E-state index >= 15 is 0 Å². The number of primary amides is 1. The monoisotopic (exact) mass is 201 g/mol. The van der Waals surface area contributed by atoms with Gasteiger partial charge in [-0.15, -0.1) is 0 Å². The summed E-state index contributed by atoms with van der Waals surface area (Å²) in [6.07, 6.45) is 0.940. The van der Waals surface area contributed by atoms with Gasteiger partial charge >= 0.3 is 12.0 Å². The number of likely N-dealkylation sites (tertiary alicyclic amines) is 1. The number of hydrogen-bond donors (Lipinski definition) is 3. The number of carboxylic acids is 1. The lowest BCUT2D eigenvalue weighted by Gasteiger charge is -2.13. The second-order valence-electron chi connectivity index (χ2n) is 3.37. The number of carbonyl (C=O) groups is 2. The van der Waals surface area contributed by atoms with Crippen LogP contribution >= 0.6 is 0 Å². The van der Waals surface area contributed by atoms with Crippen LogP contribution in [0.25, 0.3) is 0 Å². The molecule has 4 N–H and O–H groups in total. The summed E-state index contributed by atoms with van der Waals surface area (Å²) in [5.41, 5.74) is 5.10. The van der Waals surface area contributed by atoms with Crippen molar-refractivity contribution in [3.8, 4) is 0 Å². The average Bonchev–Trinajstić information content (AvgIpc) is 2.52. The first-order chi connectivity index (χ1) is 6.59. The van der Waals surface area contributed by atoms with Crippen LogP contribution in [0.3, 0.4) is 0 Å². The predicted molar refractivity (Wildman–Crippen MR) is 49.8 cm³/mol.